The van der Waals surface area contributed by atoms with Gasteiger partial charge < -0.3 is 9.30 Å². The number of carbonyl (C=O) groups is 1. The number of imidazole rings is 1. The number of H-pyrrole nitrogens is 1. The Morgan fingerprint density at radius 3 is 2.72 bits per heavy atom. The first-order valence-corrected chi connectivity index (χ1v) is 7.38. The number of hydrogen-bond acceptors (Lipinski definition) is 5. The van der Waals surface area contributed by atoms with E-state index in [4.69, 9.17) is 4.74 Å². The highest BCUT2D eigenvalue weighted by molar-refractivity contribution is 5.99. The Bertz CT molecular complexity index is 1100. The first-order valence-electron chi connectivity index (χ1n) is 7.38. The number of hydrogen-bond donors (Lipinski definition) is 1. The normalized spacial score (nSPS) is 12.3. The van der Waals surface area contributed by atoms with Gasteiger partial charge in [0.05, 0.1) is 25.0 Å². The molecule has 0 bridgehead atoms. The second-order valence-electron chi connectivity index (χ2n) is 5.53. The third-order valence-electron chi connectivity index (χ3n) is 4.06. The molecule has 2 heterocycles. The van der Waals surface area contributed by atoms with Gasteiger partial charge >= 0.3 is 5.69 Å². The first kappa shape index (κ1) is 16.6. The molecule has 0 aliphatic carbocycles. The summed E-state index contributed by atoms with van der Waals surface area (Å²) in [6.45, 7) is 1.54. The van der Waals surface area contributed by atoms with Gasteiger partial charge in [0, 0.05) is 13.1 Å². The average molecular weight is 346 g/mol. The van der Waals surface area contributed by atoms with Crippen molar-refractivity contribution in [1.82, 2.24) is 19.1 Å². The SMILES string of the molecule is COc1ccc(C(=O)[C@H](C)n2cnc3c(=O)[nH]c(=O)n(C)c32)c(F)c1. The van der Waals surface area contributed by atoms with Crippen LogP contribution < -0.4 is 16.0 Å². The number of fused-ring (bicyclic) bond motifs is 1. The maximum atomic E-state index is 14.2. The van der Waals surface area contributed by atoms with Crippen molar-refractivity contribution in [2.75, 3.05) is 7.11 Å². The molecule has 3 aromatic rings. The lowest BCUT2D eigenvalue weighted by Gasteiger charge is -2.15. The summed E-state index contributed by atoms with van der Waals surface area (Å²) in [5.74, 6) is -0.941. The largest absolute Gasteiger partial charge is 0.497 e. The Kier molecular flexibility index (Phi) is 3.99. The fourth-order valence-corrected chi connectivity index (χ4v) is 2.64. The maximum Gasteiger partial charge on any atom is 0.329 e. The summed E-state index contributed by atoms with van der Waals surface area (Å²) < 4.78 is 21.6. The molecule has 1 N–H and O–H groups in total. The van der Waals surface area contributed by atoms with Crippen molar-refractivity contribution in [1.29, 1.82) is 0 Å². The van der Waals surface area contributed by atoms with Gasteiger partial charge in [-0.25, -0.2) is 14.2 Å². The minimum absolute atomic E-state index is 0.0250. The summed E-state index contributed by atoms with van der Waals surface area (Å²) in [5, 5.41) is 0. The van der Waals surface area contributed by atoms with Gasteiger partial charge in [0.1, 0.15) is 11.6 Å². The minimum atomic E-state index is -0.875. The number of benzene rings is 1. The zero-order valence-corrected chi connectivity index (χ0v) is 13.7. The van der Waals surface area contributed by atoms with Crippen LogP contribution in [0.25, 0.3) is 11.2 Å². The Morgan fingerprint density at radius 1 is 1.36 bits per heavy atom. The number of halogens is 1. The van der Waals surface area contributed by atoms with Crippen molar-refractivity contribution in [3.8, 4) is 5.75 Å². The lowest BCUT2D eigenvalue weighted by Crippen LogP contribution is -2.30. The van der Waals surface area contributed by atoms with Gasteiger partial charge in [0.15, 0.2) is 16.9 Å². The van der Waals surface area contributed by atoms with E-state index >= 15 is 0 Å². The standard InChI is InChI=1S/C16H15FN4O4/c1-8(13(22)10-5-4-9(25-3)6-11(10)17)21-7-18-12-14(23)19-16(24)20(2)15(12)21/h4-8H,1-3H3,(H,19,23,24)/t8-/m0/s1. The van der Waals surface area contributed by atoms with Crippen LogP contribution in [0.5, 0.6) is 5.75 Å². The van der Waals surface area contributed by atoms with Crippen molar-refractivity contribution in [3.63, 3.8) is 0 Å². The van der Waals surface area contributed by atoms with Crippen molar-refractivity contribution in [2.24, 2.45) is 7.05 Å². The molecule has 0 unspecified atom stereocenters. The number of methoxy groups -OCH3 is 1. The summed E-state index contributed by atoms with van der Waals surface area (Å²) in [4.78, 5) is 42.4. The monoisotopic (exact) mass is 346 g/mol. The van der Waals surface area contributed by atoms with E-state index in [0.717, 1.165) is 6.07 Å². The van der Waals surface area contributed by atoms with Gasteiger partial charge in [-0.05, 0) is 19.1 Å². The van der Waals surface area contributed by atoms with Crippen LogP contribution in [-0.4, -0.2) is 32.0 Å². The number of carbonyl (C=O) groups excluding carboxylic acids is 1. The fraction of sp³-hybridized carbons (Fsp3) is 0.250. The van der Waals surface area contributed by atoms with E-state index in [1.807, 2.05) is 0 Å². The number of nitrogens with zero attached hydrogens (tertiary/aromatic N) is 3. The molecule has 25 heavy (non-hydrogen) atoms. The van der Waals surface area contributed by atoms with Crippen molar-refractivity contribution >= 4 is 16.9 Å². The average Bonchev–Trinajstić information content (AvgIpc) is 3.04. The van der Waals surface area contributed by atoms with E-state index in [-0.39, 0.29) is 16.7 Å². The highest BCUT2D eigenvalue weighted by atomic mass is 19.1. The molecule has 0 spiro atoms. The lowest BCUT2D eigenvalue weighted by molar-refractivity contribution is 0.0932. The smallest absolute Gasteiger partial charge is 0.329 e. The van der Waals surface area contributed by atoms with Gasteiger partial charge in [0.25, 0.3) is 5.56 Å². The summed E-state index contributed by atoms with van der Waals surface area (Å²) in [6.07, 6.45) is 1.28. The number of nitrogens with one attached hydrogen (secondary N) is 1. The van der Waals surface area contributed by atoms with Gasteiger partial charge in [-0.1, -0.05) is 0 Å². The van der Waals surface area contributed by atoms with Crippen LogP contribution in [0, 0.1) is 5.82 Å². The number of ether oxygens (including phenoxy) is 1. The molecule has 1 atom stereocenters. The molecule has 9 heteroatoms. The third kappa shape index (κ3) is 2.63. The number of Topliss-reactive ketones (excluding diaryl/α,β-unsaturated/α-hetero) is 1. The van der Waals surface area contributed by atoms with E-state index in [2.05, 4.69) is 9.97 Å². The van der Waals surface area contributed by atoms with Gasteiger partial charge in [-0.3, -0.25) is 19.1 Å². The number of ketones is 1. The topological polar surface area (TPSA) is 99.0 Å². The third-order valence-corrected chi connectivity index (χ3v) is 4.06. The molecule has 0 radical (unpaired) electrons. The van der Waals surface area contributed by atoms with Crippen LogP contribution in [0.4, 0.5) is 4.39 Å². The summed E-state index contributed by atoms with van der Waals surface area (Å²) in [5.41, 5.74) is -1.19. The number of aryl methyl sites for hydroxylation is 1. The molecular weight excluding hydrogens is 331 g/mol. The Hall–Kier alpha value is -3.23. The molecule has 0 aliphatic rings. The number of aromatic nitrogens is 4. The second-order valence-corrected chi connectivity index (χ2v) is 5.53. The Labute approximate surface area is 140 Å². The van der Waals surface area contributed by atoms with E-state index in [9.17, 15) is 18.8 Å². The van der Waals surface area contributed by atoms with Crippen molar-refractivity contribution in [2.45, 2.75) is 13.0 Å². The van der Waals surface area contributed by atoms with Crippen molar-refractivity contribution < 1.29 is 13.9 Å². The quantitative estimate of drug-likeness (QED) is 0.711. The molecule has 3 rings (SSSR count). The second kappa shape index (κ2) is 6.00. The molecule has 1 aromatic carbocycles. The molecule has 0 aliphatic heterocycles. The van der Waals surface area contributed by atoms with Crippen LogP contribution in [0.2, 0.25) is 0 Å². The number of rotatable bonds is 4. The summed E-state index contributed by atoms with van der Waals surface area (Å²) in [7, 11) is 2.85. The van der Waals surface area contributed by atoms with Crippen LogP contribution in [0.3, 0.4) is 0 Å². The van der Waals surface area contributed by atoms with E-state index in [0.29, 0.717) is 5.75 Å². The first-order chi connectivity index (χ1) is 11.8. The molecule has 2 aromatic heterocycles. The Balaban J connectivity index is 2.11. The van der Waals surface area contributed by atoms with Gasteiger partial charge in [0.2, 0.25) is 0 Å². The number of aromatic amines is 1. The molecule has 130 valence electrons. The Morgan fingerprint density at radius 2 is 2.08 bits per heavy atom. The summed E-state index contributed by atoms with van der Waals surface area (Å²) in [6, 6.07) is 3.06. The highest BCUT2D eigenvalue weighted by Gasteiger charge is 2.24. The molecule has 0 amide bonds. The molecular formula is C16H15FN4O4. The fourth-order valence-electron chi connectivity index (χ4n) is 2.64. The van der Waals surface area contributed by atoms with Gasteiger partial charge in [-0.2, -0.15) is 0 Å². The van der Waals surface area contributed by atoms with Crippen LogP contribution in [0.1, 0.15) is 23.3 Å². The van der Waals surface area contributed by atoms with Gasteiger partial charge in [-0.15, -0.1) is 0 Å². The van der Waals surface area contributed by atoms with E-state index < -0.39 is 28.9 Å². The predicted molar refractivity (Wildman–Crippen MR) is 87.6 cm³/mol. The van der Waals surface area contributed by atoms with E-state index in [1.54, 1.807) is 6.92 Å². The van der Waals surface area contributed by atoms with E-state index in [1.165, 1.54) is 41.8 Å². The maximum absolute atomic E-state index is 14.2. The van der Waals surface area contributed by atoms with Crippen molar-refractivity contribution in [3.05, 3.63) is 56.7 Å². The molecule has 0 fully saturated rings. The molecule has 8 nitrogen and oxygen atoms in total. The zero-order valence-electron chi connectivity index (χ0n) is 13.7. The van der Waals surface area contributed by atoms with Crippen LogP contribution >= 0.6 is 0 Å². The molecule has 0 saturated heterocycles. The lowest BCUT2D eigenvalue weighted by atomic mass is 10.0. The van der Waals surface area contributed by atoms with Crippen LogP contribution in [0.15, 0.2) is 34.1 Å². The highest BCUT2D eigenvalue weighted by Crippen LogP contribution is 2.22. The minimum Gasteiger partial charge on any atom is -0.497 e. The molecule has 0 saturated carbocycles. The van der Waals surface area contributed by atoms with Crippen LogP contribution in [-0.2, 0) is 7.05 Å². The zero-order chi connectivity index (χ0) is 18.3. The predicted octanol–water partition coefficient (Wildman–Crippen LogP) is 1.01. The summed E-state index contributed by atoms with van der Waals surface area (Å²) >= 11 is 0.